The average molecular weight is 367 g/mol. The molecule has 1 N–H and O–H groups in total. The topological polar surface area (TPSA) is 69.7 Å². The number of amides is 3. The summed E-state index contributed by atoms with van der Waals surface area (Å²) in [7, 11) is 0. The van der Waals surface area contributed by atoms with Crippen molar-refractivity contribution in [2.24, 2.45) is 11.8 Å². The van der Waals surface area contributed by atoms with Gasteiger partial charge in [0.1, 0.15) is 0 Å². The van der Waals surface area contributed by atoms with Crippen molar-refractivity contribution in [3.8, 4) is 0 Å². The molecule has 142 valence electrons. The van der Waals surface area contributed by atoms with Crippen LogP contribution in [0, 0.1) is 11.8 Å². The van der Waals surface area contributed by atoms with Crippen LogP contribution in [0.3, 0.4) is 0 Å². The molecule has 0 radical (unpaired) electrons. The Morgan fingerprint density at radius 1 is 1.07 bits per heavy atom. The van der Waals surface area contributed by atoms with Crippen LogP contribution < -0.4 is 15.1 Å². The van der Waals surface area contributed by atoms with Crippen LogP contribution in [0.1, 0.15) is 44.1 Å². The Morgan fingerprint density at radius 3 is 2.59 bits per heavy atom. The van der Waals surface area contributed by atoms with Crippen molar-refractivity contribution in [1.29, 1.82) is 0 Å². The standard InChI is InChI=1S/C21H25N3O3/c25-19-11-15(20(26)22-16-4-5-16)12-24(19)17-6-7-18-14(10-17)8-9-23(18)21(27)13-2-1-3-13/h6-7,10,13,15-16H,1-5,8-9,11-12H2,(H,22,26)/t15-/m1/s1. The summed E-state index contributed by atoms with van der Waals surface area (Å²) in [4.78, 5) is 41.0. The largest absolute Gasteiger partial charge is 0.353 e. The second-order valence-corrected chi connectivity index (χ2v) is 8.37. The van der Waals surface area contributed by atoms with Crippen LogP contribution in [0.4, 0.5) is 11.4 Å². The first-order valence-electron chi connectivity index (χ1n) is 10.1. The molecular weight excluding hydrogens is 342 g/mol. The molecule has 0 bridgehead atoms. The third kappa shape index (κ3) is 3.01. The summed E-state index contributed by atoms with van der Waals surface area (Å²) < 4.78 is 0. The fraction of sp³-hybridized carbons (Fsp3) is 0.571. The molecule has 0 unspecified atom stereocenters. The van der Waals surface area contributed by atoms with Gasteiger partial charge in [-0.2, -0.15) is 0 Å². The fourth-order valence-electron chi connectivity index (χ4n) is 4.34. The molecule has 2 heterocycles. The van der Waals surface area contributed by atoms with Crippen molar-refractivity contribution in [2.75, 3.05) is 22.9 Å². The maximum absolute atomic E-state index is 12.6. The highest BCUT2D eigenvalue weighted by atomic mass is 16.2. The third-order valence-corrected chi connectivity index (χ3v) is 6.41. The van der Waals surface area contributed by atoms with Gasteiger partial charge in [0.2, 0.25) is 17.7 Å². The van der Waals surface area contributed by atoms with Crippen LogP contribution in [0.5, 0.6) is 0 Å². The highest BCUT2D eigenvalue weighted by Gasteiger charge is 2.38. The van der Waals surface area contributed by atoms with E-state index in [9.17, 15) is 14.4 Å². The first-order valence-corrected chi connectivity index (χ1v) is 10.1. The van der Waals surface area contributed by atoms with Crippen LogP contribution in [0.2, 0.25) is 0 Å². The lowest BCUT2D eigenvalue weighted by Crippen LogP contribution is -2.37. The number of anilines is 2. The van der Waals surface area contributed by atoms with Gasteiger partial charge < -0.3 is 15.1 Å². The van der Waals surface area contributed by atoms with Gasteiger partial charge in [0.25, 0.3) is 0 Å². The zero-order chi connectivity index (χ0) is 18.5. The van der Waals surface area contributed by atoms with E-state index < -0.39 is 0 Å². The maximum Gasteiger partial charge on any atom is 0.230 e. The SMILES string of the molecule is O=C(NC1CC1)[C@@H]1CC(=O)N(c2ccc3c(c2)CCN3C(=O)C2CCC2)C1. The number of rotatable bonds is 4. The van der Waals surface area contributed by atoms with E-state index in [0.717, 1.165) is 62.0 Å². The number of hydrogen-bond acceptors (Lipinski definition) is 3. The van der Waals surface area contributed by atoms with Gasteiger partial charge in [0.15, 0.2) is 0 Å². The molecule has 1 atom stereocenters. The predicted octanol–water partition coefficient (Wildman–Crippen LogP) is 2.01. The Kier molecular flexibility index (Phi) is 3.95. The van der Waals surface area contributed by atoms with E-state index in [0.29, 0.717) is 12.6 Å². The van der Waals surface area contributed by atoms with Crippen molar-refractivity contribution in [3.05, 3.63) is 23.8 Å². The van der Waals surface area contributed by atoms with Gasteiger partial charge in [-0.05, 0) is 55.9 Å². The average Bonchev–Trinajstić information content (AvgIpc) is 3.17. The molecule has 0 aromatic heterocycles. The quantitative estimate of drug-likeness (QED) is 0.885. The molecule has 4 aliphatic rings. The highest BCUT2D eigenvalue weighted by Crippen LogP contribution is 2.37. The van der Waals surface area contributed by atoms with Gasteiger partial charge in [-0.1, -0.05) is 6.42 Å². The smallest absolute Gasteiger partial charge is 0.230 e. The number of benzene rings is 1. The van der Waals surface area contributed by atoms with E-state index in [1.54, 1.807) is 4.90 Å². The second-order valence-electron chi connectivity index (χ2n) is 8.37. The second kappa shape index (κ2) is 6.36. The molecule has 2 aliphatic heterocycles. The maximum atomic E-state index is 12.6. The molecule has 6 nitrogen and oxygen atoms in total. The molecule has 1 aromatic rings. The van der Waals surface area contributed by atoms with Gasteiger partial charge >= 0.3 is 0 Å². The molecule has 2 saturated carbocycles. The Balaban J connectivity index is 1.31. The number of fused-ring (bicyclic) bond motifs is 1. The van der Waals surface area contributed by atoms with Crippen LogP contribution in [-0.4, -0.2) is 36.9 Å². The van der Waals surface area contributed by atoms with Crippen molar-refractivity contribution in [3.63, 3.8) is 0 Å². The summed E-state index contributed by atoms with van der Waals surface area (Å²) in [5, 5.41) is 3.01. The molecular formula is C21H25N3O3. The van der Waals surface area contributed by atoms with Gasteiger partial charge in [0, 0.05) is 42.8 Å². The monoisotopic (exact) mass is 367 g/mol. The first kappa shape index (κ1) is 16.8. The molecule has 1 saturated heterocycles. The Morgan fingerprint density at radius 2 is 1.89 bits per heavy atom. The minimum absolute atomic E-state index is 0.00583. The number of carbonyl (C=O) groups excluding carboxylic acids is 3. The molecule has 6 heteroatoms. The molecule has 1 aromatic carbocycles. The molecule has 0 spiro atoms. The van der Waals surface area contributed by atoms with Gasteiger partial charge in [0.05, 0.1) is 5.92 Å². The van der Waals surface area contributed by atoms with Crippen LogP contribution in [-0.2, 0) is 20.8 Å². The Labute approximate surface area is 158 Å². The van der Waals surface area contributed by atoms with E-state index in [-0.39, 0.29) is 36.0 Å². The summed E-state index contributed by atoms with van der Waals surface area (Å²) in [6.45, 7) is 1.18. The zero-order valence-electron chi connectivity index (χ0n) is 15.4. The van der Waals surface area contributed by atoms with Gasteiger partial charge in [-0.3, -0.25) is 14.4 Å². The minimum Gasteiger partial charge on any atom is -0.353 e. The van der Waals surface area contributed by atoms with Gasteiger partial charge in [-0.25, -0.2) is 0 Å². The van der Waals surface area contributed by atoms with E-state index in [1.165, 1.54) is 0 Å². The lowest BCUT2D eigenvalue weighted by atomic mass is 9.84. The number of nitrogens with zero attached hydrogens (tertiary/aromatic N) is 2. The molecule has 5 rings (SSSR count). The minimum atomic E-state index is -0.261. The Bertz CT molecular complexity index is 813. The first-order chi connectivity index (χ1) is 13.1. The number of hydrogen-bond donors (Lipinski definition) is 1. The fourth-order valence-corrected chi connectivity index (χ4v) is 4.34. The van der Waals surface area contributed by atoms with Crippen LogP contribution in [0.15, 0.2) is 18.2 Å². The van der Waals surface area contributed by atoms with Crippen molar-refractivity contribution >= 4 is 29.1 Å². The summed E-state index contributed by atoms with van der Waals surface area (Å²) >= 11 is 0. The lowest BCUT2D eigenvalue weighted by Gasteiger charge is -2.29. The number of carbonyl (C=O) groups is 3. The molecule has 2 aliphatic carbocycles. The number of nitrogens with one attached hydrogen (secondary N) is 1. The van der Waals surface area contributed by atoms with Crippen molar-refractivity contribution in [1.82, 2.24) is 5.32 Å². The van der Waals surface area contributed by atoms with E-state index in [2.05, 4.69) is 5.32 Å². The zero-order valence-corrected chi connectivity index (χ0v) is 15.4. The summed E-state index contributed by atoms with van der Waals surface area (Å²) in [5.41, 5.74) is 2.96. The summed E-state index contributed by atoms with van der Waals surface area (Å²) in [6, 6.07) is 6.24. The van der Waals surface area contributed by atoms with Gasteiger partial charge in [-0.15, -0.1) is 0 Å². The summed E-state index contributed by atoms with van der Waals surface area (Å²) in [5.74, 6) is 0.199. The third-order valence-electron chi connectivity index (χ3n) is 6.41. The predicted molar refractivity (Wildman–Crippen MR) is 101 cm³/mol. The van der Waals surface area contributed by atoms with Crippen molar-refractivity contribution < 1.29 is 14.4 Å². The normalized spacial score (nSPS) is 24.7. The van der Waals surface area contributed by atoms with E-state index in [4.69, 9.17) is 0 Å². The van der Waals surface area contributed by atoms with E-state index >= 15 is 0 Å². The molecule has 27 heavy (non-hydrogen) atoms. The molecule has 3 fully saturated rings. The van der Waals surface area contributed by atoms with Crippen LogP contribution >= 0.6 is 0 Å². The van der Waals surface area contributed by atoms with Crippen LogP contribution in [0.25, 0.3) is 0 Å². The summed E-state index contributed by atoms with van der Waals surface area (Å²) in [6.07, 6.45) is 6.39. The van der Waals surface area contributed by atoms with E-state index in [1.807, 2.05) is 23.1 Å². The highest BCUT2D eigenvalue weighted by molar-refractivity contribution is 6.01. The Hall–Kier alpha value is -2.37. The molecule has 3 amide bonds. The van der Waals surface area contributed by atoms with Crippen molar-refractivity contribution in [2.45, 2.75) is 51.0 Å². The lowest BCUT2D eigenvalue weighted by molar-refractivity contribution is -0.126.